The minimum absolute atomic E-state index is 0.0926. The van der Waals surface area contributed by atoms with Gasteiger partial charge in [0.2, 0.25) is 5.91 Å². The molecule has 9 heteroatoms. The summed E-state index contributed by atoms with van der Waals surface area (Å²) < 4.78 is 14.8. The second-order valence-corrected chi connectivity index (χ2v) is 9.01. The van der Waals surface area contributed by atoms with Gasteiger partial charge in [-0.25, -0.2) is 4.39 Å². The average Bonchev–Trinajstić information content (AvgIpc) is 3.31. The van der Waals surface area contributed by atoms with Crippen LogP contribution in [-0.2, 0) is 4.79 Å². The molecule has 1 amide bonds. The largest absolute Gasteiger partial charge is 0.352 e. The van der Waals surface area contributed by atoms with Crippen LogP contribution < -0.4 is 10.6 Å². The molecule has 154 valence electrons. The first-order valence-corrected chi connectivity index (χ1v) is 11.4. The lowest BCUT2D eigenvalue weighted by molar-refractivity contribution is -0.116. The normalized spacial score (nSPS) is 18.3. The van der Waals surface area contributed by atoms with Crippen molar-refractivity contribution in [3.05, 3.63) is 81.0 Å². The molecule has 2 N–H and O–H groups in total. The molecule has 4 rings (SSSR count). The van der Waals surface area contributed by atoms with Gasteiger partial charge in [-0.05, 0) is 58.5 Å². The van der Waals surface area contributed by atoms with Gasteiger partial charge in [0.25, 0.3) is 0 Å². The van der Waals surface area contributed by atoms with E-state index >= 15 is 0 Å². The van der Waals surface area contributed by atoms with Crippen molar-refractivity contribution in [3.63, 3.8) is 0 Å². The fourth-order valence-corrected chi connectivity index (χ4v) is 5.36. The molecule has 0 unspecified atom stereocenters. The van der Waals surface area contributed by atoms with Crippen LogP contribution in [0.25, 0.3) is 0 Å². The molecule has 0 saturated carbocycles. The Hall–Kier alpha value is -2.36. The number of benzene rings is 1. The number of thiophene rings is 1. The van der Waals surface area contributed by atoms with Gasteiger partial charge in [-0.1, -0.05) is 18.2 Å². The van der Waals surface area contributed by atoms with Gasteiger partial charge in [-0.15, -0.1) is 11.3 Å². The first-order chi connectivity index (χ1) is 14.5. The van der Waals surface area contributed by atoms with E-state index in [4.69, 9.17) is 12.2 Å². The SMILES string of the molecule is O=C(CCN1C(=S)N[C@H](c2ccccn2)[C@@H]1c1cc(Br)cs1)Nc1ccccc1F. The molecule has 1 fully saturated rings. The van der Waals surface area contributed by atoms with Crippen molar-refractivity contribution in [3.8, 4) is 0 Å². The molecule has 0 spiro atoms. The van der Waals surface area contributed by atoms with Crippen LogP contribution in [0.1, 0.15) is 29.1 Å². The van der Waals surface area contributed by atoms with Crippen molar-refractivity contribution in [2.24, 2.45) is 0 Å². The number of carbonyl (C=O) groups excluding carboxylic acids is 1. The third-order valence-corrected chi connectivity index (χ3v) is 6.92. The van der Waals surface area contributed by atoms with E-state index in [9.17, 15) is 9.18 Å². The smallest absolute Gasteiger partial charge is 0.226 e. The van der Waals surface area contributed by atoms with Crippen LogP contribution >= 0.6 is 39.5 Å². The summed E-state index contributed by atoms with van der Waals surface area (Å²) in [7, 11) is 0. The van der Waals surface area contributed by atoms with Crippen LogP contribution in [0, 0.1) is 5.82 Å². The number of halogens is 2. The molecule has 1 aromatic carbocycles. The summed E-state index contributed by atoms with van der Waals surface area (Å²) >= 11 is 10.7. The number of thiocarbonyl (C=S) groups is 1. The number of anilines is 1. The molecule has 0 radical (unpaired) electrons. The molecule has 0 aliphatic carbocycles. The predicted octanol–water partition coefficient (Wildman–Crippen LogP) is 5.05. The van der Waals surface area contributed by atoms with Crippen molar-refractivity contribution in [2.45, 2.75) is 18.5 Å². The summed E-state index contributed by atoms with van der Waals surface area (Å²) in [5.74, 6) is -0.726. The number of hydrogen-bond acceptors (Lipinski definition) is 4. The number of para-hydroxylation sites is 1. The van der Waals surface area contributed by atoms with Gasteiger partial charge >= 0.3 is 0 Å². The monoisotopic (exact) mass is 504 g/mol. The number of amides is 1. The number of aromatic nitrogens is 1. The molecule has 2 aromatic heterocycles. The van der Waals surface area contributed by atoms with E-state index in [1.54, 1.807) is 35.7 Å². The molecular formula is C21H18BrFN4OS2. The zero-order chi connectivity index (χ0) is 21.1. The fraction of sp³-hybridized carbons (Fsp3) is 0.190. The maximum absolute atomic E-state index is 13.8. The quantitative estimate of drug-likeness (QED) is 0.460. The minimum atomic E-state index is -0.458. The number of nitrogens with zero attached hydrogens (tertiary/aromatic N) is 2. The molecule has 0 bridgehead atoms. The third-order valence-electron chi connectivity index (χ3n) is 4.80. The first kappa shape index (κ1) is 20.9. The molecule has 1 aliphatic heterocycles. The van der Waals surface area contributed by atoms with E-state index in [-0.39, 0.29) is 30.1 Å². The molecule has 3 heterocycles. The summed E-state index contributed by atoms with van der Waals surface area (Å²) in [5.41, 5.74) is 1.06. The van der Waals surface area contributed by atoms with Gasteiger partial charge in [0.1, 0.15) is 5.82 Å². The second kappa shape index (κ2) is 9.20. The number of rotatable bonds is 6. The molecule has 2 atom stereocenters. The van der Waals surface area contributed by atoms with E-state index in [1.807, 2.05) is 28.5 Å². The number of nitrogens with one attached hydrogen (secondary N) is 2. The van der Waals surface area contributed by atoms with Crippen LogP contribution in [0.5, 0.6) is 0 Å². The van der Waals surface area contributed by atoms with Gasteiger partial charge in [0.15, 0.2) is 5.11 Å². The molecule has 5 nitrogen and oxygen atoms in total. The van der Waals surface area contributed by atoms with Crippen LogP contribution in [-0.4, -0.2) is 27.4 Å². The molecule has 1 saturated heterocycles. The Morgan fingerprint density at radius 1 is 1.30 bits per heavy atom. The maximum Gasteiger partial charge on any atom is 0.226 e. The third kappa shape index (κ3) is 4.53. The van der Waals surface area contributed by atoms with Crippen molar-refractivity contribution < 1.29 is 9.18 Å². The van der Waals surface area contributed by atoms with Crippen LogP contribution in [0.15, 0.2) is 64.6 Å². The molecule has 30 heavy (non-hydrogen) atoms. The minimum Gasteiger partial charge on any atom is -0.352 e. The Morgan fingerprint density at radius 2 is 2.10 bits per heavy atom. The van der Waals surface area contributed by atoms with Gasteiger partial charge < -0.3 is 15.5 Å². The Kier molecular flexibility index (Phi) is 6.40. The van der Waals surface area contributed by atoms with Gasteiger partial charge in [0.05, 0.1) is 23.5 Å². The number of hydrogen-bond donors (Lipinski definition) is 2. The highest BCUT2D eigenvalue weighted by Crippen LogP contribution is 2.41. The Bertz CT molecular complexity index is 1060. The average molecular weight is 505 g/mol. The Balaban J connectivity index is 1.52. The Labute approximate surface area is 191 Å². The van der Waals surface area contributed by atoms with E-state index in [0.717, 1.165) is 15.0 Å². The topological polar surface area (TPSA) is 57.3 Å². The zero-order valence-corrected chi connectivity index (χ0v) is 18.9. The lowest BCUT2D eigenvalue weighted by Gasteiger charge is -2.26. The van der Waals surface area contributed by atoms with Crippen molar-refractivity contribution in [2.75, 3.05) is 11.9 Å². The fourth-order valence-electron chi connectivity index (χ4n) is 3.44. The lowest BCUT2D eigenvalue weighted by atomic mass is 10.0. The highest BCUT2D eigenvalue weighted by molar-refractivity contribution is 9.10. The van der Waals surface area contributed by atoms with Crippen molar-refractivity contribution in [1.82, 2.24) is 15.2 Å². The molecule has 1 aliphatic rings. The predicted molar refractivity (Wildman–Crippen MR) is 124 cm³/mol. The van der Waals surface area contributed by atoms with E-state index in [1.165, 1.54) is 6.07 Å². The summed E-state index contributed by atoms with van der Waals surface area (Å²) in [5, 5.41) is 8.58. The molecular weight excluding hydrogens is 487 g/mol. The van der Waals surface area contributed by atoms with Crippen molar-refractivity contribution >= 4 is 56.2 Å². The maximum atomic E-state index is 13.8. The molecule has 3 aromatic rings. The summed E-state index contributed by atoms with van der Waals surface area (Å²) in [4.78, 5) is 20.1. The van der Waals surface area contributed by atoms with Gasteiger partial charge in [-0.2, -0.15) is 0 Å². The first-order valence-electron chi connectivity index (χ1n) is 9.29. The lowest BCUT2D eigenvalue weighted by Crippen LogP contribution is -2.32. The highest BCUT2D eigenvalue weighted by atomic mass is 79.9. The Morgan fingerprint density at radius 3 is 2.80 bits per heavy atom. The van der Waals surface area contributed by atoms with Gasteiger partial charge in [0, 0.05) is 33.9 Å². The van der Waals surface area contributed by atoms with Crippen LogP contribution in [0.3, 0.4) is 0 Å². The van der Waals surface area contributed by atoms with Crippen molar-refractivity contribution in [1.29, 1.82) is 0 Å². The summed E-state index contributed by atoms with van der Waals surface area (Å²) in [6.45, 7) is 0.398. The van der Waals surface area contributed by atoms with E-state index in [0.29, 0.717) is 11.7 Å². The zero-order valence-electron chi connectivity index (χ0n) is 15.7. The standard InChI is InChI=1S/C21H18BrFN4OS2/c22-13-11-17(30-12-13)20-19(16-7-3-4-9-24-16)26-21(29)27(20)10-8-18(28)25-15-6-2-1-5-14(15)23/h1-7,9,11-12,19-20H,8,10H2,(H,25,28)(H,26,29)/t19-,20+/m1/s1. The number of carbonyl (C=O) groups is 1. The van der Waals surface area contributed by atoms with Crippen LogP contribution in [0.4, 0.5) is 10.1 Å². The van der Waals surface area contributed by atoms with E-state index < -0.39 is 5.82 Å². The second-order valence-electron chi connectivity index (χ2n) is 6.77. The van der Waals surface area contributed by atoms with E-state index in [2.05, 4.69) is 37.6 Å². The van der Waals surface area contributed by atoms with Gasteiger partial charge in [-0.3, -0.25) is 9.78 Å². The summed E-state index contributed by atoms with van der Waals surface area (Å²) in [6.07, 6.45) is 1.93. The number of pyridine rings is 1. The van der Waals surface area contributed by atoms with Crippen LogP contribution in [0.2, 0.25) is 0 Å². The summed E-state index contributed by atoms with van der Waals surface area (Å²) in [6, 6.07) is 13.7. The highest BCUT2D eigenvalue weighted by Gasteiger charge is 2.40.